The van der Waals surface area contributed by atoms with E-state index in [4.69, 9.17) is 26.8 Å². The van der Waals surface area contributed by atoms with Crippen LogP contribution in [0.3, 0.4) is 0 Å². The Bertz CT molecular complexity index is 1010. The Morgan fingerprint density at radius 2 is 2.07 bits per heavy atom. The molecule has 0 bridgehead atoms. The minimum absolute atomic E-state index is 0.0308. The molecule has 0 aliphatic heterocycles. The number of halogens is 1. The number of nitrogens with one attached hydrogen (secondary N) is 1. The zero-order valence-electron chi connectivity index (χ0n) is 16.6. The zero-order chi connectivity index (χ0) is 22.3. The quantitative estimate of drug-likeness (QED) is 0.514. The molecule has 0 spiro atoms. The van der Waals surface area contributed by atoms with Gasteiger partial charge in [0.05, 0.1) is 10.9 Å². The van der Waals surface area contributed by atoms with E-state index in [1.165, 1.54) is 23.8 Å². The number of methoxy groups -OCH3 is 1. The highest BCUT2D eigenvalue weighted by Crippen LogP contribution is 2.22. The summed E-state index contributed by atoms with van der Waals surface area (Å²) in [7, 11) is 1.43. The number of nitrogens with zero attached hydrogens (tertiary/aromatic N) is 2. The van der Waals surface area contributed by atoms with Gasteiger partial charge in [0.1, 0.15) is 10.7 Å². The lowest BCUT2D eigenvalue weighted by atomic mass is 10.3. The molecule has 2 heterocycles. The Hall–Kier alpha value is -2.63. The smallest absolute Gasteiger partial charge is 0.348 e. The monoisotopic (exact) mass is 458 g/mol. The van der Waals surface area contributed by atoms with Crippen molar-refractivity contribution in [2.75, 3.05) is 37.5 Å². The fourth-order valence-electron chi connectivity index (χ4n) is 2.62. The maximum absolute atomic E-state index is 12.8. The molecular weight excluding hydrogens is 436 g/mol. The highest BCUT2D eigenvalue weighted by Gasteiger charge is 2.25. The van der Waals surface area contributed by atoms with Gasteiger partial charge in [0.15, 0.2) is 12.3 Å². The second-order valence-corrected chi connectivity index (χ2v) is 7.93. The summed E-state index contributed by atoms with van der Waals surface area (Å²) in [6, 6.07) is 3.02. The van der Waals surface area contributed by atoms with Gasteiger partial charge in [-0.2, -0.15) is 0 Å². The zero-order valence-corrected chi connectivity index (χ0v) is 18.2. The summed E-state index contributed by atoms with van der Waals surface area (Å²) in [5.41, 5.74) is 4.41. The fraction of sp³-hybridized carbons (Fsp3) is 0.444. The summed E-state index contributed by atoms with van der Waals surface area (Å²) in [5.74, 6) is -1.55. The molecule has 0 saturated heterocycles. The van der Waals surface area contributed by atoms with Crippen molar-refractivity contribution in [3.63, 3.8) is 0 Å². The van der Waals surface area contributed by atoms with Gasteiger partial charge in [-0.15, -0.1) is 11.3 Å². The Morgan fingerprint density at radius 3 is 2.67 bits per heavy atom. The average molecular weight is 459 g/mol. The molecule has 3 N–H and O–H groups in total. The molecule has 0 radical (unpaired) electrons. The lowest BCUT2D eigenvalue weighted by Gasteiger charge is -2.24. The minimum atomic E-state index is -0.814. The number of ether oxygens (including phenoxy) is 2. The summed E-state index contributed by atoms with van der Waals surface area (Å²) in [5, 5.41) is 0. The first-order chi connectivity index (χ1) is 14.3. The van der Waals surface area contributed by atoms with Crippen LogP contribution in [0.25, 0.3) is 0 Å². The summed E-state index contributed by atoms with van der Waals surface area (Å²) in [6.45, 7) is 1.65. The molecule has 0 fully saturated rings. The first-order valence-corrected chi connectivity index (χ1v) is 10.3. The maximum atomic E-state index is 12.8. The number of hydrogen-bond acceptors (Lipinski definition) is 8. The molecule has 2 rings (SSSR count). The van der Waals surface area contributed by atoms with Crippen molar-refractivity contribution >= 4 is 46.3 Å². The first-order valence-electron chi connectivity index (χ1n) is 9.14. The van der Waals surface area contributed by atoms with Crippen LogP contribution in [0.5, 0.6) is 0 Å². The van der Waals surface area contributed by atoms with Gasteiger partial charge in [0.25, 0.3) is 11.5 Å². The van der Waals surface area contributed by atoms with Crippen LogP contribution in [0.4, 0.5) is 11.5 Å². The van der Waals surface area contributed by atoms with Crippen LogP contribution in [0.1, 0.15) is 29.4 Å². The number of unbranched alkanes of at least 4 members (excludes halogenated alkanes) is 1. The molecule has 0 aliphatic carbocycles. The summed E-state index contributed by atoms with van der Waals surface area (Å²) < 4.78 is 11.7. The van der Waals surface area contributed by atoms with Crippen molar-refractivity contribution < 1.29 is 19.1 Å². The van der Waals surface area contributed by atoms with Gasteiger partial charge >= 0.3 is 11.7 Å². The fourth-order valence-corrected chi connectivity index (χ4v) is 3.56. The van der Waals surface area contributed by atoms with E-state index < -0.39 is 29.7 Å². The highest BCUT2D eigenvalue weighted by molar-refractivity contribution is 7.17. The van der Waals surface area contributed by atoms with Crippen molar-refractivity contribution in [3.05, 3.63) is 42.2 Å². The number of esters is 1. The third-order valence-electron chi connectivity index (χ3n) is 4.14. The van der Waals surface area contributed by atoms with Crippen molar-refractivity contribution in [1.29, 1.82) is 0 Å². The molecule has 30 heavy (non-hydrogen) atoms. The number of aromatic nitrogens is 2. The molecule has 2 aromatic heterocycles. The number of nitrogens with two attached hydrogens (primary N) is 1. The molecule has 2 aromatic rings. The SMILES string of the molecule is CCCCn1c(N)c(N(CCOC)C(=O)COC(=O)c2ccc(Cl)s2)c(=O)[nH]c1=O. The summed E-state index contributed by atoms with van der Waals surface area (Å²) in [4.78, 5) is 52.9. The predicted octanol–water partition coefficient (Wildman–Crippen LogP) is 1.47. The van der Waals surface area contributed by atoms with Gasteiger partial charge in [-0.25, -0.2) is 9.59 Å². The van der Waals surface area contributed by atoms with Crippen molar-refractivity contribution in [2.45, 2.75) is 26.3 Å². The Kier molecular flexibility index (Phi) is 8.63. The molecule has 1 amide bonds. The number of H-pyrrole nitrogens is 1. The maximum Gasteiger partial charge on any atom is 0.348 e. The van der Waals surface area contributed by atoms with Gasteiger partial charge in [0.2, 0.25) is 0 Å². The predicted molar refractivity (Wildman–Crippen MR) is 114 cm³/mol. The van der Waals surface area contributed by atoms with E-state index in [9.17, 15) is 19.2 Å². The molecule has 0 aromatic carbocycles. The Labute approximate surface area is 181 Å². The van der Waals surface area contributed by atoms with Crippen LogP contribution in [0.15, 0.2) is 21.7 Å². The highest BCUT2D eigenvalue weighted by atomic mass is 35.5. The van der Waals surface area contributed by atoms with Gasteiger partial charge in [0, 0.05) is 20.2 Å². The standard InChI is InChI=1S/C18H23ClN4O6S/c1-3-4-7-23-15(20)14(16(25)21-18(23)27)22(8-9-28-2)13(24)10-29-17(26)11-5-6-12(19)30-11/h5-6H,3-4,7-10,20H2,1-2H3,(H,21,25,27). The molecule has 164 valence electrons. The second kappa shape index (κ2) is 11.0. The van der Waals surface area contributed by atoms with Crippen molar-refractivity contribution in [1.82, 2.24) is 9.55 Å². The number of rotatable bonds is 10. The summed E-state index contributed by atoms with van der Waals surface area (Å²) in [6.07, 6.45) is 1.46. The number of anilines is 2. The van der Waals surface area contributed by atoms with E-state index in [-0.39, 0.29) is 36.1 Å². The van der Waals surface area contributed by atoms with E-state index in [1.54, 1.807) is 0 Å². The van der Waals surface area contributed by atoms with Crippen LogP contribution in [0, 0.1) is 0 Å². The van der Waals surface area contributed by atoms with Gasteiger partial charge in [-0.3, -0.25) is 24.0 Å². The van der Waals surface area contributed by atoms with Crippen LogP contribution >= 0.6 is 22.9 Å². The molecule has 0 unspecified atom stereocenters. The van der Waals surface area contributed by atoms with E-state index in [1.807, 2.05) is 6.92 Å². The lowest BCUT2D eigenvalue weighted by Crippen LogP contribution is -2.44. The van der Waals surface area contributed by atoms with E-state index >= 15 is 0 Å². The Morgan fingerprint density at radius 1 is 1.33 bits per heavy atom. The average Bonchev–Trinajstić information content (AvgIpc) is 3.14. The number of thiophene rings is 1. The van der Waals surface area contributed by atoms with E-state index in [2.05, 4.69) is 4.98 Å². The third-order valence-corrected chi connectivity index (χ3v) is 5.35. The van der Waals surface area contributed by atoms with Crippen LogP contribution in [-0.4, -0.2) is 48.3 Å². The van der Waals surface area contributed by atoms with Crippen LogP contribution in [-0.2, 0) is 20.8 Å². The number of carbonyl (C=O) groups excluding carboxylic acids is 2. The van der Waals surface area contributed by atoms with Crippen molar-refractivity contribution in [3.8, 4) is 0 Å². The number of amides is 1. The van der Waals surface area contributed by atoms with Crippen LogP contribution in [0.2, 0.25) is 4.34 Å². The van der Waals surface area contributed by atoms with Crippen LogP contribution < -0.4 is 21.9 Å². The molecular formula is C18H23ClN4O6S. The second-order valence-electron chi connectivity index (χ2n) is 6.22. The lowest BCUT2D eigenvalue weighted by molar-refractivity contribution is -0.121. The van der Waals surface area contributed by atoms with E-state index in [0.717, 1.165) is 22.7 Å². The first kappa shape index (κ1) is 23.6. The molecule has 10 nitrogen and oxygen atoms in total. The van der Waals surface area contributed by atoms with Gasteiger partial charge in [-0.1, -0.05) is 24.9 Å². The molecule has 0 saturated carbocycles. The largest absolute Gasteiger partial charge is 0.451 e. The number of hydrogen-bond donors (Lipinski definition) is 2. The Balaban J connectivity index is 2.30. The molecule has 12 heteroatoms. The molecule has 0 aliphatic rings. The topological polar surface area (TPSA) is 137 Å². The number of aromatic amines is 1. The van der Waals surface area contributed by atoms with Gasteiger partial charge < -0.3 is 15.2 Å². The number of nitrogen functional groups attached to an aromatic ring is 1. The normalized spacial score (nSPS) is 10.8. The van der Waals surface area contributed by atoms with Gasteiger partial charge in [-0.05, 0) is 18.6 Å². The minimum Gasteiger partial charge on any atom is -0.451 e. The van der Waals surface area contributed by atoms with E-state index in [0.29, 0.717) is 10.8 Å². The third kappa shape index (κ3) is 5.71. The molecule has 0 atom stereocenters. The number of carbonyl (C=O) groups is 2. The summed E-state index contributed by atoms with van der Waals surface area (Å²) >= 11 is 6.81. The van der Waals surface area contributed by atoms with Crippen molar-refractivity contribution in [2.24, 2.45) is 0 Å².